The van der Waals surface area contributed by atoms with Gasteiger partial charge in [-0.05, 0) is 24.1 Å². The van der Waals surface area contributed by atoms with Crippen LogP contribution in [-0.2, 0) is 24.2 Å². The van der Waals surface area contributed by atoms with E-state index in [2.05, 4.69) is 27.5 Å². The van der Waals surface area contributed by atoms with Crippen molar-refractivity contribution in [2.24, 2.45) is 4.99 Å². The van der Waals surface area contributed by atoms with Crippen LogP contribution in [0.3, 0.4) is 0 Å². The van der Waals surface area contributed by atoms with Crippen LogP contribution in [0.4, 0.5) is 0 Å². The van der Waals surface area contributed by atoms with Gasteiger partial charge in [0.15, 0.2) is 5.96 Å². The molecule has 0 aliphatic heterocycles. The molecule has 1 amide bonds. The van der Waals surface area contributed by atoms with Crippen molar-refractivity contribution < 1.29 is 9.53 Å². The number of aliphatic imine (C=N–C) groups is 1. The van der Waals surface area contributed by atoms with Crippen molar-refractivity contribution in [3.8, 4) is 5.75 Å². The largest absolute Gasteiger partial charge is 0.497 e. The number of carbonyl (C=O) groups excluding carboxylic acids is 1. The predicted molar refractivity (Wildman–Crippen MR) is 129 cm³/mol. The number of ether oxygens (including phenoxy) is 1. The van der Waals surface area contributed by atoms with Crippen molar-refractivity contribution in [3.05, 3.63) is 45.9 Å². The van der Waals surface area contributed by atoms with Crippen LogP contribution in [0.2, 0.25) is 0 Å². The lowest BCUT2D eigenvalue weighted by atomic mass is 10.2. The summed E-state index contributed by atoms with van der Waals surface area (Å²) in [7, 11) is 5.12. The molecule has 160 valence electrons. The van der Waals surface area contributed by atoms with Gasteiger partial charge in [-0.3, -0.25) is 4.79 Å². The highest BCUT2D eigenvalue weighted by atomic mass is 127. The average Bonchev–Trinajstić information content (AvgIpc) is 3.17. The number of aromatic nitrogens is 1. The molecule has 0 saturated heterocycles. The fourth-order valence-corrected chi connectivity index (χ4v) is 3.17. The van der Waals surface area contributed by atoms with Crippen LogP contribution >= 0.6 is 35.3 Å². The number of carbonyl (C=O) groups is 1. The molecule has 7 nitrogen and oxygen atoms in total. The van der Waals surface area contributed by atoms with E-state index in [4.69, 9.17) is 4.74 Å². The minimum absolute atomic E-state index is 0. The van der Waals surface area contributed by atoms with Gasteiger partial charge in [-0.1, -0.05) is 19.1 Å². The van der Waals surface area contributed by atoms with Crippen LogP contribution in [0, 0.1) is 0 Å². The highest BCUT2D eigenvalue weighted by Gasteiger charge is 2.07. The van der Waals surface area contributed by atoms with Gasteiger partial charge in [0.2, 0.25) is 5.91 Å². The summed E-state index contributed by atoms with van der Waals surface area (Å²) in [4.78, 5) is 23.8. The van der Waals surface area contributed by atoms with Gasteiger partial charge in [-0.25, -0.2) is 9.98 Å². The fraction of sp³-hybridized carbons (Fsp3) is 0.450. The number of likely N-dealkylation sites (N-methyl/N-ethyl adjacent to an activating group) is 1. The Bertz CT molecular complexity index is 777. The number of hydrogen-bond acceptors (Lipinski definition) is 5. The quantitative estimate of drug-likeness (QED) is 0.296. The highest BCUT2D eigenvalue weighted by molar-refractivity contribution is 14.0. The lowest BCUT2D eigenvalue weighted by Crippen LogP contribution is -2.43. The van der Waals surface area contributed by atoms with Gasteiger partial charge >= 0.3 is 0 Å². The minimum atomic E-state index is -0.00791. The zero-order valence-electron chi connectivity index (χ0n) is 17.4. The number of guanidine groups is 1. The first-order chi connectivity index (χ1) is 13.5. The number of rotatable bonds is 9. The Kier molecular flexibility index (Phi) is 11.6. The molecule has 2 aromatic rings. The van der Waals surface area contributed by atoms with Gasteiger partial charge in [0, 0.05) is 38.1 Å². The molecule has 0 unspecified atom stereocenters. The summed E-state index contributed by atoms with van der Waals surface area (Å²) in [5.74, 6) is 1.42. The molecular formula is C20H30IN5O2S. The van der Waals surface area contributed by atoms with Crippen LogP contribution in [0.15, 0.2) is 35.5 Å². The van der Waals surface area contributed by atoms with Crippen molar-refractivity contribution in [2.45, 2.75) is 26.3 Å². The minimum Gasteiger partial charge on any atom is -0.497 e. The summed E-state index contributed by atoms with van der Waals surface area (Å²) in [6.45, 7) is 3.53. The molecule has 0 radical (unpaired) electrons. The maximum atomic E-state index is 11.9. The third-order valence-electron chi connectivity index (χ3n) is 4.07. The van der Waals surface area contributed by atoms with Crippen LogP contribution < -0.4 is 15.4 Å². The number of aryl methyl sites for hydroxylation is 1. The number of amides is 1. The van der Waals surface area contributed by atoms with E-state index in [9.17, 15) is 4.79 Å². The van der Waals surface area contributed by atoms with E-state index in [1.54, 1.807) is 37.4 Å². The SMILES string of the molecule is CCc1cnc(CCNC(=NCc2ccc(OC)cc2)NCC(=O)N(C)C)s1.I. The van der Waals surface area contributed by atoms with Gasteiger partial charge in [-0.15, -0.1) is 35.3 Å². The van der Waals surface area contributed by atoms with Crippen LogP contribution in [0.25, 0.3) is 0 Å². The second-order valence-electron chi connectivity index (χ2n) is 6.41. The number of thiazole rings is 1. The van der Waals surface area contributed by atoms with E-state index in [1.807, 2.05) is 30.5 Å². The summed E-state index contributed by atoms with van der Waals surface area (Å²) in [6.07, 6.45) is 3.76. The molecule has 0 spiro atoms. The van der Waals surface area contributed by atoms with Crippen molar-refractivity contribution in [2.75, 3.05) is 34.3 Å². The average molecular weight is 531 g/mol. The molecule has 0 fully saturated rings. The first kappa shape index (κ1) is 25.2. The first-order valence-corrected chi connectivity index (χ1v) is 10.1. The van der Waals surface area contributed by atoms with Crippen LogP contribution in [0.1, 0.15) is 22.4 Å². The molecule has 1 aromatic carbocycles. The zero-order chi connectivity index (χ0) is 20.4. The molecule has 0 aliphatic carbocycles. The van der Waals surface area contributed by atoms with Crippen LogP contribution in [0.5, 0.6) is 5.75 Å². The third-order valence-corrected chi connectivity index (χ3v) is 5.27. The molecule has 1 heterocycles. The van der Waals surface area contributed by atoms with Gasteiger partial charge < -0.3 is 20.3 Å². The van der Waals surface area contributed by atoms with Gasteiger partial charge in [-0.2, -0.15) is 0 Å². The lowest BCUT2D eigenvalue weighted by Gasteiger charge is -2.14. The Morgan fingerprint density at radius 1 is 1.24 bits per heavy atom. The number of nitrogens with one attached hydrogen (secondary N) is 2. The third kappa shape index (κ3) is 8.99. The Hall–Kier alpha value is -1.88. The molecule has 2 N–H and O–H groups in total. The molecule has 9 heteroatoms. The maximum Gasteiger partial charge on any atom is 0.241 e. The molecule has 0 saturated carbocycles. The molecule has 0 atom stereocenters. The van der Waals surface area contributed by atoms with Gasteiger partial charge in [0.05, 0.1) is 25.2 Å². The second kappa shape index (κ2) is 13.4. The molecule has 0 bridgehead atoms. The number of methoxy groups -OCH3 is 1. The normalized spacial score (nSPS) is 10.8. The van der Waals surface area contributed by atoms with E-state index < -0.39 is 0 Å². The Morgan fingerprint density at radius 3 is 2.55 bits per heavy atom. The summed E-state index contributed by atoms with van der Waals surface area (Å²) in [5, 5.41) is 7.50. The summed E-state index contributed by atoms with van der Waals surface area (Å²) in [5.41, 5.74) is 1.06. The number of halogens is 1. The molecule has 29 heavy (non-hydrogen) atoms. The fourth-order valence-electron chi connectivity index (χ4n) is 2.31. The van der Waals surface area contributed by atoms with Gasteiger partial charge in [0.1, 0.15) is 5.75 Å². The van der Waals surface area contributed by atoms with Crippen molar-refractivity contribution >= 4 is 47.2 Å². The second-order valence-corrected chi connectivity index (χ2v) is 7.61. The number of benzene rings is 1. The maximum absolute atomic E-state index is 11.9. The smallest absolute Gasteiger partial charge is 0.241 e. The highest BCUT2D eigenvalue weighted by Crippen LogP contribution is 2.13. The molecular weight excluding hydrogens is 501 g/mol. The first-order valence-electron chi connectivity index (χ1n) is 9.30. The Morgan fingerprint density at radius 2 is 1.97 bits per heavy atom. The van der Waals surface area contributed by atoms with E-state index >= 15 is 0 Å². The number of hydrogen-bond donors (Lipinski definition) is 2. The molecule has 2 rings (SSSR count). The van der Waals surface area contributed by atoms with E-state index in [1.165, 1.54) is 4.88 Å². The Balaban J connectivity index is 0.00000420. The Labute approximate surface area is 194 Å². The molecule has 1 aromatic heterocycles. The lowest BCUT2D eigenvalue weighted by molar-refractivity contribution is -0.127. The summed E-state index contributed by atoms with van der Waals surface area (Å²) in [6, 6.07) is 7.78. The number of nitrogens with zero attached hydrogens (tertiary/aromatic N) is 3. The van der Waals surface area contributed by atoms with E-state index in [0.717, 1.165) is 29.2 Å². The summed E-state index contributed by atoms with van der Waals surface area (Å²) < 4.78 is 5.18. The summed E-state index contributed by atoms with van der Waals surface area (Å²) >= 11 is 1.74. The van der Waals surface area contributed by atoms with Crippen LogP contribution in [-0.4, -0.2) is 56.0 Å². The van der Waals surface area contributed by atoms with Crippen molar-refractivity contribution in [3.63, 3.8) is 0 Å². The molecule has 0 aliphatic rings. The van der Waals surface area contributed by atoms with Crippen molar-refractivity contribution in [1.82, 2.24) is 20.5 Å². The van der Waals surface area contributed by atoms with E-state index in [-0.39, 0.29) is 36.4 Å². The predicted octanol–water partition coefficient (Wildman–Crippen LogP) is 2.70. The standard InChI is InChI=1S/C20H29N5O2S.HI/c1-5-17-13-22-18(28-17)10-11-21-20(24-14-19(26)25(2)3)23-12-15-6-8-16(27-4)9-7-15;/h6-9,13H,5,10-12,14H2,1-4H3,(H2,21,23,24);1H. The zero-order valence-corrected chi connectivity index (χ0v) is 20.5. The van der Waals surface area contributed by atoms with Crippen molar-refractivity contribution in [1.29, 1.82) is 0 Å². The topological polar surface area (TPSA) is 78.9 Å². The monoisotopic (exact) mass is 531 g/mol. The van der Waals surface area contributed by atoms with Gasteiger partial charge in [0.25, 0.3) is 0 Å². The van der Waals surface area contributed by atoms with E-state index in [0.29, 0.717) is 19.0 Å².